The average Bonchev–Trinajstić information content (AvgIpc) is 2.58. The first-order chi connectivity index (χ1) is 10.5. The van der Waals surface area contributed by atoms with Crippen LogP contribution in [0, 0.1) is 0 Å². The smallest absolute Gasteiger partial charge is 0.192 e. The summed E-state index contributed by atoms with van der Waals surface area (Å²) in [4.78, 5) is 0. The van der Waals surface area contributed by atoms with E-state index in [1.165, 1.54) is 5.57 Å². The van der Waals surface area contributed by atoms with Crippen LogP contribution >= 0.6 is 0 Å². The number of hydrogen-bond donors (Lipinski definition) is 2. The van der Waals surface area contributed by atoms with E-state index in [9.17, 15) is 5.11 Å². The molecule has 5 heteroatoms. The molecule has 1 saturated heterocycles. The quantitative estimate of drug-likeness (QED) is 0.570. The van der Waals surface area contributed by atoms with Crippen molar-refractivity contribution in [1.82, 2.24) is 0 Å². The van der Waals surface area contributed by atoms with Gasteiger partial charge in [-0.3, -0.25) is 0 Å². The molecule has 136 valence electrons. The van der Waals surface area contributed by atoms with Crippen LogP contribution in [-0.2, 0) is 9.16 Å². The number of ether oxygens (including phenoxy) is 1. The van der Waals surface area contributed by atoms with Crippen LogP contribution in [0.15, 0.2) is 11.6 Å². The molecule has 0 amide bonds. The van der Waals surface area contributed by atoms with E-state index in [0.29, 0.717) is 32.5 Å². The summed E-state index contributed by atoms with van der Waals surface area (Å²) in [6.45, 7) is 14.5. The molecule has 2 N–H and O–H groups in total. The Morgan fingerprint density at radius 3 is 2.61 bits per heavy atom. The summed E-state index contributed by atoms with van der Waals surface area (Å²) in [5.41, 5.74) is 0.647. The number of aliphatic hydroxyl groups is 2. The highest BCUT2D eigenvalue weighted by molar-refractivity contribution is 6.74. The summed E-state index contributed by atoms with van der Waals surface area (Å²) in [5, 5.41) is 19.6. The van der Waals surface area contributed by atoms with Gasteiger partial charge in [-0.1, -0.05) is 26.8 Å². The monoisotopic (exact) mass is 344 g/mol. The lowest BCUT2D eigenvalue weighted by atomic mass is 9.90. The molecule has 0 bridgehead atoms. The lowest BCUT2D eigenvalue weighted by molar-refractivity contribution is -0.105. The van der Waals surface area contributed by atoms with Crippen molar-refractivity contribution in [1.29, 1.82) is 0 Å². The zero-order chi connectivity index (χ0) is 17.7. The average molecular weight is 345 g/mol. The van der Waals surface area contributed by atoms with Gasteiger partial charge in [-0.15, -0.1) is 0 Å². The maximum absolute atomic E-state index is 10.4. The van der Waals surface area contributed by atoms with Gasteiger partial charge in [0.15, 0.2) is 8.32 Å². The molecule has 0 aromatic heterocycles. The van der Waals surface area contributed by atoms with Gasteiger partial charge >= 0.3 is 0 Å². The molecule has 1 fully saturated rings. The predicted octanol–water partition coefficient (Wildman–Crippen LogP) is 3.64. The molecule has 1 heterocycles. The van der Waals surface area contributed by atoms with E-state index in [-0.39, 0.29) is 11.6 Å². The van der Waals surface area contributed by atoms with Gasteiger partial charge in [-0.05, 0) is 56.3 Å². The lowest BCUT2D eigenvalue weighted by Gasteiger charge is -2.35. The Labute approximate surface area is 143 Å². The van der Waals surface area contributed by atoms with Crippen molar-refractivity contribution in [3.8, 4) is 0 Å². The number of hydrogen-bond acceptors (Lipinski definition) is 4. The van der Waals surface area contributed by atoms with Crippen molar-refractivity contribution in [3.05, 3.63) is 11.6 Å². The van der Waals surface area contributed by atoms with Gasteiger partial charge in [0.2, 0.25) is 0 Å². The fraction of sp³-hybridized carbons (Fsp3) is 0.889. The Bertz CT molecular complexity index is 400. The van der Waals surface area contributed by atoms with Crippen LogP contribution in [-0.4, -0.2) is 50.1 Å². The molecule has 2 atom stereocenters. The molecule has 0 saturated carbocycles. The normalized spacial score (nSPS) is 28.9. The number of rotatable bonds is 6. The predicted molar refractivity (Wildman–Crippen MR) is 97.1 cm³/mol. The molecule has 1 aliphatic rings. The zero-order valence-electron chi connectivity index (χ0n) is 15.8. The van der Waals surface area contributed by atoms with Gasteiger partial charge in [0.05, 0.1) is 24.9 Å². The summed E-state index contributed by atoms with van der Waals surface area (Å²) in [7, 11) is -1.72. The molecule has 0 aromatic carbocycles. The number of aliphatic hydroxyl groups excluding tert-OH is 2. The summed E-state index contributed by atoms with van der Waals surface area (Å²) >= 11 is 0. The molecule has 0 aliphatic carbocycles. The van der Waals surface area contributed by atoms with Crippen molar-refractivity contribution in [2.75, 3.05) is 19.8 Å². The van der Waals surface area contributed by atoms with Gasteiger partial charge in [-0.2, -0.15) is 0 Å². The molecule has 0 unspecified atom stereocenters. The SMILES string of the molecule is CC(C)(C)[Si](C)(C)OC/C=C1/CC[C@@H](O)[C@](C)(CCCO)OC1. The fourth-order valence-corrected chi connectivity index (χ4v) is 3.40. The molecule has 4 nitrogen and oxygen atoms in total. The van der Waals surface area contributed by atoms with Gasteiger partial charge < -0.3 is 19.4 Å². The first-order valence-corrected chi connectivity index (χ1v) is 11.7. The van der Waals surface area contributed by atoms with Crippen LogP contribution in [0.25, 0.3) is 0 Å². The highest BCUT2D eigenvalue weighted by atomic mass is 28.4. The fourth-order valence-electron chi connectivity index (χ4n) is 2.47. The van der Waals surface area contributed by atoms with Crippen molar-refractivity contribution in [2.45, 2.75) is 83.2 Å². The van der Waals surface area contributed by atoms with Crippen LogP contribution in [0.5, 0.6) is 0 Å². The van der Waals surface area contributed by atoms with Crippen LogP contribution in [0.3, 0.4) is 0 Å². The molecular formula is C18H36O4Si. The van der Waals surface area contributed by atoms with E-state index < -0.39 is 20.0 Å². The molecule has 1 rings (SSSR count). The van der Waals surface area contributed by atoms with E-state index in [2.05, 4.69) is 39.9 Å². The molecule has 23 heavy (non-hydrogen) atoms. The first kappa shape index (κ1) is 20.8. The maximum atomic E-state index is 10.4. The molecule has 1 aliphatic heterocycles. The maximum Gasteiger partial charge on any atom is 0.192 e. The minimum absolute atomic E-state index is 0.134. The third-order valence-electron chi connectivity index (χ3n) is 5.48. The zero-order valence-corrected chi connectivity index (χ0v) is 16.8. The minimum atomic E-state index is -1.72. The Kier molecular flexibility index (Phi) is 7.48. The van der Waals surface area contributed by atoms with E-state index in [1.807, 2.05) is 6.92 Å². The van der Waals surface area contributed by atoms with Gasteiger partial charge in [-0.25, -0.2) is 0 Å². The Morgan fingerprint density at radius 1 is 1.39 bits per heavy atom. The summed E-state index contributed by atoms with van der Waals surface area (Å²) in [6.07, 6.45) is 4.52. The van der Waals surface area contributed by atoms with Gasteiger partial charge in [0.25, 0.3) is 0 Å². The van der Waals surface area contributed by atoms with Crippen LogP contribution < -0.4 is 0 Å². The second-order valence-corrected chi connectivity index (χ2v) is 13.2. The minimum Gasteiger partial charge on any atom is -0.413 e. The third kappa shape index (κ3) is 5.98. The highest BCUT2D eigenvalue weighted by Crippen LogP contribution is 2.36. The van der Waals surface area contributed by atoms with E-state index in [0.717, 1.165) is 6.42 Å². The van der Waals surface area contributed by atoms with Gasteiger partial charge in [0.1, 0.15) is 0 Å². The second-order valence-electron chi connectivity index (χ2n) is 8.42. The second kappa shape index (κ2) is 8.25. The lowest BCUT2D eigenvalue weighted by Crippen LogP contribution is -2.41. The molecule has 0 spiro atoms. The van der Waals surface area contributed by atoms with Crippen LogP contribution in [0.2, 0.25) is 18.1 Å². The summed E-state index contributed by atoms with van der Waals surface area (Å²) in [6, 6.07) is 0. The molecule has 0 radical (unpaired) electrons. The van der Waals surface area contributed by atoms with E-state index in [4.69, 9.17) is 14.3 Å². The van der Waals surface area contributed by atoms with E-state index in [1.54, 1.807) is 0 Å². The summed E-state index contributed by atoms with van der Waals surface area (Å²) < 4.78 is 12.2. The Morgan fingerprint density at radius 2 is 2.04 bits per heavy atom. The van der Waals surface area contributed by atoms with Crippen LogP contribution in [0.4, 0.5) is 0 Å². The largest absolute Gasteiger partial charge is 0.413 e. The van der Waals surface area contributed by atoms with Crippen molar-refractivity contribution in [3.63, 3.8) is 0 Å². The van der Waals surface area contributed by atoms with Crippen molar-refractivity contribution >= 4 is 8.32 Å². The Hall–Kier alpha value is -0.203. The van der Waals surface area contributed by atoms with E-state index >= 15 is 0 Å². The van der Waals surface area contributed by atoms with Crippen LogP contribution in [0.1, 0.15) is 53.4 Å². The third-order valence-corrected chi connectivity index (χ3v) is 9.99. The summed E-state index contributed by atoms with van der Waals surface area (Å²) in [5.74, 6) is 0. The Balaban J connectivity index is 2.60. The topological polar surface area (TPSA) is 58.9 Å². The standard InChI is InChI=1S/C18H36O4Si/c1-17(2,3)23(5,6)22-13-10-15-8-9-16(20)18(4,21-14-15)11-7-12-19/h10,16,19-20H,7-9,11-14H2,1-6H3/b15-10-/t16-,18+/m1/s1. The molecule has 0 aromatic rings. The van der Waals surface area contributed by atoms with Crippen molar-refractivity contribution < 1.29 is 19.4 Å². The molecular weight excluding hydrogens is 308 g/mol. The van der Waals surface area contributed by atoms with Gasteiger partial charge in [0, 0.05) is 6.61 Å². The first-order valence-electron chi connectivity index (χ1n) is 8.76. The van der Waals surface area contributed by atoms with Crippen molar-refractivity contribution in [2.24, 2.45) is 0 Å². The highest BCUT2D eigenvalue weighted by Gasteiger charge is 2.37.